The molecule has 57 valence electrons. The first kappa shape index (κ1) is 8.44. The molecule has 0 aromatic heterocycles. The monoisotopic (exact) mass is 217 g/mol. The summed E-state index contributed by atoms with van der Waals surface area (Å²) in [5.41, 5.74) is 1.19. The maximum absolute atomic E-state index is 12.5. The summed E-state index contributed by atoms with van der Waals surface area (Å²) in [6.07, 6.45) is 0. The summed E-state index contributed by atoms with van der Waals surface area (Å²) in [4.78, 5) is 10.8. The van der Waals surface area contributed by atoms with E-state index in [4.69, 9.17) is 0 Å². The number of benzene rings is 1. The van der Waals surface area contributed by atoms with E-state index < -0.39 is 0 Å². The molecule has 0 aliphatic carbocycles. The zero-order valence-electron chi connectivity index (χ0n) is 5.93. The Labute approximate surface area is 72.4 Å². The van der Waals surface area contributed by atoms with Crippen LogP contribution in [0, 0.1) is 12.7 Å². The molecule has 0 saturated carbocycles. The van der Waals surface area contributed by atoms with E-state index in [1.807, 2.05) is 0 Å². The second kappa shape index (κ2) is 3.16. The number of aryl methyl sites for hydroxylation is 1. The topological polar surface area (TPSA) is 17.1 Å². The van der Waals surface area contributed by atoms with Crippen LogP contribution >= 0.6 is 0 Å². The van der Waals surface area contributed by atoms with Gasteiger partial charge in [0.1, 0.15) is 0 Å². The zero-order valence-corrected chi connectivity index (χ0v) is 7.64. The maximum atomic E-state index is 12.5. The number of hydrogen-bond donors (Lipinski definition) is 0. The van der Waals surface area contributed by atoms with E-state index in [9.17, 15) is 9.18 Å². The van der Waals surface area contributed by atoms with Crippen molar-refractivity contribution in [2.24, 2.45) is 0 Å². The number of halogens is 1. The average Bonchev–Trinajstić information content (AvgIpc) is 1.85. The van der Waals surface area contributed by atoms with Crippen LogP contribution in [-0.4, -0.2) is 20.7 Å². The van der Waals surface area contributed by atoms with Crippen LogP contribution in [0.5, 0.6) is 0 Å². The van der Waals surface area contributed by atoms with Crippen molar-refractivity contribution >= 4 is 20.7 Å². The summed E-state index contributed by atoms with van der Waals surface area (Å²) in [5.74, 6) is -0.312. The van der Waals surface area contributed by atoms with Crippen molar-refractivity contribution in [3.63, 3.8) is 0 Å². The van der Waals surface area contributed by atoms with Crippen LogP contribution < -0.4 is 0 Å². The van der Waals surface area contributed by atoms with Gasteiger partial charge in [-0.3, -0.25) is 0 Å². The first-order valence-corrected chi connectivity index (χ1v) is 3.94. The van der Waals surface area contributed by atoms with E-state index in [0.717, 1.165) is 0 Å². The van der Waals surface area contributed by atoms with Gasteiger partial charge in [0.15, 0.2) is 0 Å². The SMILES string of the molecule is Cc1cc(F)ccc1C(=O)[Se]. The van der Waals surface area contributed by atoms with Gasteiger partial charge in [0.25, 0.3) is 0 Å². The third-order valence-corrected chi connectivity index (χ3v) is 1.87. The summed E-state index contributed by atoms with van der Waals surface area (Å²) < 4.78 is 12.3. The van der Waals surface area contributed by atoms with Gasteiger partial charge >= 0.3 is 71.9 Å². The second-order valence-corrected chi connectivity index (χ2v) is 3.02. The first-order chi connectivity index (χ1) is 5.11. The van der Waals surface area contributed by atoms with E-state index >= 15 is 0 Å². The van der Waals surface area contributed by atoms with Crippen molar-refractivity contribution in [3.05, 3.63) is 35.1 Å². The Hall–Kier alpha value is -0.661. The molecular formula is C8H6FOSe. The summed E-state index contributed by atoms with van der Waals surface area (Å²) >= 11 is 2.36. The molecule has 1 nitrogen and oxygen atoms in total. The quantitative estimate of drug-likeness (QED) is 0.649. The van der Waals surface area contributed by atoms with Crippen LogP contribution in [0.25, 0.3) is 0 Å². The van der Waals surface area contributed by atoms with Crippen molar-refractivity contribution in [1.29, 1.82) is 0 Å². The Morgan fingerprint density at radius 3 is 2.64 bits per heavy atom. The third-order valence-electron chi connectivity index (χ3n) is 1.41. The Kier molecular flexibility index (Phi) is 2.42. The molecule has 0 aliphatic rings. The number of carbonyl (C=O) groups excluding carboxylic acids is 1. The molecule has 0 unspecified atom stereocenters. The molecule has 0 heterocycles. The fraction of sp³-hybridized carbons (Fsp3) is 0.125. The van der Waals surface area contributed by atoms with Crippen molar-refractivity contribution in [3.8, 4) is 0 Å². The Morgan fingerprint density at radius 1 is 1.55 bits per heavy atom. The van der Waals surface area contributed by atoms with Crippen LogP contribution in [0.2, 0.25) is 0 Å². The fourth-order valence-corrected chi connectivity index (χ4v) is 1.34. The number of hydrogen-bond acceptors (Lipinski definition) is 1. The second-order valence-electron chi connectivity index (χ2n) is 2.25. The summed E-state index contributed by atoms with van der Waals surface area (Å²) in [6, 6.07) is 4.09. The Morgan fingerprint density at radius 2 is 2.18 bits per heavy atom. The van der Waals surface area contributed by atoms with Gasteiger partial charge in [-0.25, -0.2) is 0 Å². The predicted molar refractivity (Wildman–Crippen MR) is 41.2 cm³/mol. The minimum absolute atomic E-state index is 0.150. The van der Waals surface area contributed by atoms with Crippen LogP contribution in [0.4, 0.5) is 4.39 Å². The van der Waals surface area contributed by atoms with E-state index in [-0.39, 0.29) is 10.5 Å². The molecule has 0 amide bonds. The summed E-state index contributed by atoms with van der Waals surface area (Å²) in [6.45, 7) is 1.70. The molecule has 1 aromatic carbocycles. The number of carbonyl (C=O) groups is 1. The zero-order chi connectivity index (χ0) is 8.43. The van der Waals surface area contributed by atoms with Crippen LogP contribution in [0.3, 0.4) is 0 Å². The van der Waals surface area contributed by atoms with Gasteiger partial charge in [-0.1, -0.05) is 0 Å². The molecule has 0 fully saturated rings. The molecule has 0 bridgehead atoms. The van der Waals surface area contributed by atoms with Crippen molar-refractivity contribution in [2.45, 2.75) is 6.92 Å². The van der Waals surface area contributed by atoms with Gasteiger partial charge in [0.2, 0.25) is 0 Å². The van der Waals surface area contributed by atoms with Crippen LogP contribution in [0.15, 0.2) is 18.2 Å². The number of rotatable bonds is 1. The van der Waals surface area contributed by atoms with E-state index in [1.165, 1.54) is 18.2 Å². The van der Waals surface area contributed by atoms with Crippen LogP contribution in [0.1, 0.15) is 15.9 Å². The molecule has 1 radical (unpaired) electrons. The van der Waals surface area contributed by atoms with Gasteiger partial charge in [0, 0.05) is 0 Å². The molecule has 0 saturated heterocycles. The third kappa shape index (κ3) is 1.88. The van der Waals surface area contributed by atoms with Gasteiger partial charge in [-0.2, -0.15) is 0 Å². The van der Waals surface area contributed by atoms with Crippen LogP contribution in [-0.2, 0) is 0 Å². The summed E-state index contributed by atoms with van der Waals surface area (Å²) in [7, 11) is 0. The minimum atomic E-state index is -0.312. The molecule has 3 heteroatoms. The van der Waals surface area contributed by atoms with Gasteiger partial charge in [-0.15, -0.1) is 0 Å². The van der Waals surface area contributed by atoms with Gasteiger partial charge in [0.05, 0.1) is 0 Å². The molecule has 1 aromatic rings. The molecule has 0 spiro atoms. The van der Waals surface area contributed by atoms with E-state index in [2.05, 4.69) is 16.0 Å². The predicted octanol–water partition coefficient (Wildman–Crippen LogP) is 1.44. The van der Waals surface area contributed by atoms with Crippen molar-refractivity contribution in [1.82, 2.24) is 0 Å². The van der Waals surface area contributed by atoms with Crippen molar-refractivity contribution < 1.29 is 9.18 Å². The Bertz CT molecular complexity index is 296. The van der Waals surface area contributed by atoms with E-state index in [0.29, 0.717) is 11.1 Å². The van der Waals surface area contributed by atoms with Gasteiger partial charge < -0.3 is 0 Å². The molecular weight excluding hydrogens is 210 g/mol. The molecule has 11 heavy (non-hydrogen) atoms. The Balaban J connectivity index is 3.20. The summed E-state index contributed by atoms with van der Waals surface area (Å²) in [5, 5.41) is 0. The molecule has 0 N–H and O–H groups in total. The molecule has 0 atom stereocenters. The normalized spacial score (nSPS) is 9.64. The standard InChI is InChI=1S/C8H6FOSe/c1-5-4-6(9)2-3-7(5)8(10)11/h2-4H,1H3. The first-order valence-electron chi connectivity index (χ1n) is 3.09. The average molecular weight is 216 g/mol. The van der Waals surface area contributed by atoms with E-state index in [1.54, 1.807) is 6.92 Å². The van der Waals surface area contributed by atoms with Crippen molar-refractivity contribution in [2.75, 3.05) is 0 Å². The fourth-order valence-electron chi connectivity index (χ4n) is 0.856. The van der Waals surface area contributed by atoms with Gasteiger partial charge in [-0.05, 0) is 0 Å². The molecule has 1 rings (SSSR count). The molecule has 0 aliphatic heterocycles.